The summed E-state index contributed by atoms with van der Waals surface area (Å²) in [6.07, 6.45) is 2.01. The lowest BCUT2D eigenvalue weighted by atomic mass is 10.1. The molecule has 0 amide bonds. The Balaban J connectivity index is 2.66. The molecule has 0 aromatic heterocycles. The lowest BCUT2D eigenvalue weighted by Crippen LogP contribution is -2.41. The summed E-state index contributed by atoms with van der Waals surface area (Å²) >= 11 is 1.66. The summed E-state index contributed by atoms with van der Waals surface area (Å²) in [6.45, 7) is 7.10. The highest BCUT2D eigenvalue weighted by Crippen LogP contribution is 2.15. The number of likely N-dealkylation sites (N-methyl/N-ethyl adjacent to an activating group) is 1. The van der Waals surface area contributed by atoms with E-state index in [0.29, 0.717) is 13.1 Å². The highest BCUT2D eigenvalue weighted by atomic mass is 32.2. The minimum absolute atomic E-state index is 0.0961. The predicted octanol–water partition coefficient (Wildman–Crippen LogP) is 2.68. The van der Waals surface area contributed by atoms with Gasteiger partial charge in [-0.25, -0.2) is 0 Å². The van der Waals surface area contributed by atoms with Crippen molar-refractivity contribution < 1.29 is 9.90 Å². The van der Waals surface area contributed by atoms with Crippen molar-refractivity contribution in [2.75, 3.05) is 25.9 Å². The number of aliphatic hydroxyl groups is 1. The molecule has 0 aliphatic carbocycles. The van der Waals surface area contributed by atoms with Crippen LogP contribution in [-0.4, -0.2) is 47.3 Å². The Morgan fingerprint density at radius 2 is 1.89 bits per heavy atom. The first kappa shape index (κ1) is 16.2. The molecule has 19 heavy (non-hydrogen) atoms. The first-order valence-electron chi connectivity index (χ1n) is 6.47. The van der Waals surface area contributed by atoms with E-state index in [4.69, 9.17) is 0 Å². The largest absolute Gasteiger partial charge is 0.389 e. The van der Waals surface area contributed by atoms with E-state index in [9.17, 15) is 9.90 Å². The van der Waals surface area contributed by atoms with Crippen molar-refractivity contribution in [2.45, 2.75) is 31.3 Å². The zero-order chi connectivity index (χ0) is 14.5. The lowest BCUT2D eigenvalue weighted by Gasteiger charge is -2.27. The monoisotopic (exact) mass is 281 g/mol. The highest BCUT2D eigenvalue weighted by molar-refractivity contribution is 7.98. The van der Waals surface area contributed by atoms with E-state index >= 15 is 0 Å². The molecule has 0 radical (unpaired) electrons. The topological polar surface area (TPSA) is 40.5 Å². The fourth-order valence-corrected chi connectivity index (χ4v) is 2.31. The highest BCUT2D eigenvalue weighted by Gasteiger charge is 2.19. The summed E-state index contributed by atoms with van der Waals surface area (Å²) < 4.78 is 0. The Morgan fingerprint density at radius 3 is 2.32 bits per heavy atom. The van der Waals surface area contributed by atoms with E-state index in [1.54, 1.807) is 25.6 Å². The SMILES string of the molecule is CCN(CC(=O)c1ccc(SC)cc1)CC(C)(C)O. The number of carbonyl (C=O) groups is 1. The van der Waals surface area contributed by atoms with Gasteiger partial charge in [-0.15, -0.1) is 11.8 Å². The quantitative estimate of drug-likeness (QED) is 0.616. The minimum Gasteiger partial charge on any atom is -0.389 e. The van der Waals surface area contributed by atoms with Crippen molar-refractivity contribution in [2.24, 2.45) is 0 Å². The fourth-order valence-electron chi connectivity index (χ4n) is 1.90. The molecule has 0 atom stereocenters. The zero-order valence-corrected chi connectivity index (χ0v) is 13.0. The summed E-state index contributed by atoms with van der Waals surface area (Å²) in [7, 11) is 0. The lowest BCUT2D eigenvalue weighted by molar-refractivity contribution is 0.0376. The number of ketones is 1. The molecule has 0 saturated heterocycles. The number of nitrogens with zero attached hydrogens (tertiary/aromatic N) is 1. The standard InChI is InChI=1S/C15H23NO2S/c1-5-16(11-15(2,3)18)10-14(17)12-6-8-13(19-4)9-7-12/h6-9,18H,5,10-11H2,1-4H3. The van der Waals surface area contributed by atoms with Gasteiger partial charge in [-0.2, -0.15) is 0 Å². The van der Waals surface area contributed by atoms with Crippen molar-refractivity contribution in [3.05, 3.63) is 29.8 Å². The number of thioether (sulfide) groups is 1. The number of hydrogen-bond donors (Lipinski definition) is 1. The summed E-state index contributed by atoms with van der Waals surface area (Å²) in [5, 5.41) is 9.82. The molecule has 1 aromatic rings. The van der Waals surface area contributed by atoms with Crippen molar-refractivity contribution >= 4 is 17.5 Å². The maximum atomic E-state index is 12.2. The van der Waals surface area contributed by atoms with E-state index < -0.39 is 5.60 Å². The average Bonchev–Trinajstić information content (AvgIpc) is 2.36. The normalized spacial score (nSPS) is 11.9. The van der Waals surface area contributed by atoms with Gasteiger partial charge in [0.05, 0.1) is 12.1 Å². The van der Waals surface area contributed by atoms with E-state index in [0.717, 1.165) is 17.0 Å². The zero-order valence-electron chi connectivity index (χ0n) is 12.1. The Labute approximate surface area is 120 Å². The molecule has 106 valence electrons. The molecule has 1 N–H and O–H groups in total. The van der Waals surface area contributed by atoms with Crippen molar-refractivity contribution in [3.8, 4) is 0 Å². The van der Waals surface area contributed by atoms with Gasteiger partial charge < -0.3 is 5.11 Å². The summed E-state index contributed by atoms with van der Waals surface area (Å²) in [5.74, 6) is 0.0961. The van der Waals surface area contributed by atoms with Gasteiger partial charge in [0.25, 0.3) is 0 Å². The van der Waals surface area contributed by atoms with Crippen LogP contribution in [0.25, 0.3) is 0 Å². The van der Waals surface area contributed by atoms with Crippen LogP contribution in [0.1, 0.15) is 31.1 Å². The van der Waals surface area contributed by atoms with Gasteiger partial charge >= 0.3 is 0 Å². The summed E-state index contributed by atoms with van der Waals surface area (Å²) in [5.41, 5.74) is -0.0501. The molecule has 4 heteroatoms. The van der Waals surface area contributed by atoms with Crippen LogP contribution in [0, 0.1) is 0 Å². The Kier molecular flexibility index (Phi) is 6.04. The van der Waals surface area contributed by atoms with E-state index in [-0.39, 0.29) is 5.78 Å². The van der Waals surface area contributed by atoms with E-state index in [1.165, 1.54) is 0 Å². The van der Waals surface area contributed by atoms with Gasteiger partial charge in [-0.1, -0.05) is 19.1 Å². The van der Waals surface area contributed by atoms with E-state index in [1.807, 2.05) is 42.3 Å². The molecule has 0 aliphatic heterocycles. The maximum absolute atomic E-state index is 12.2. The Hall–Kier alpha value is -0.840. The molecule has 1 rings (SSSR count). The van der Waals surface area contributed by atoms with Crippen molar-refractivity contribution in [3.63, 3.8) is 0 Å². The van der Waals surface area contributed by atoms with E-state index in [2.05, 4.69) is 0 Å². The Morgan fingerprint density at radius 1 is 1.32 bits per heavy atom. The number of rotatable bonds is 7. The second-order valence-electron chi connectivity index (χ2n) is 5.27. The molecular weight excluding hydrogens is 258 g/mol. The van der Waals surface area contributed by atoms with Crippen LogP contribution in [0.5, 0.6) is 0 Å². The van der Waals surface area contributed by atoms with Gasteiger partial charge in [0.15, 0.2) is 5.78 Å². The summed E-state index contributed by atoms with van der Waals surface area (Å²) in [4.78, 5) is 15.3. The van der Waals surface area contributed by atoms with Crippen LogP contribution in [0.4, 0.5) is 0 Å². The van der Waals surface area contributed by atoms with Crippen LogP contribution >= 0.6 is 11.8 Å². The molecule has 0 bridgehead atoms. The van der Waals surface area contributed by atoms with Gasteiger partial charge in [0.2, 0.25) is 0 Å². The fraction of sp³-hybridized carbons (Fsp3) is 0.533. The van der Waals surface area contributed by atoms with Crippen LogP contribution in [0.3, 0.4) is 0 Å². The van der Waals surface area contributed by atoms with Crippen LogP contribution < -0.4 is 0 Å². The molecule has 0 heterocycles. The third-order valence-corrected chi connectivity index (χ3v) is 3.58. The third-order valence-electron chi connectivity index (χ3n) is 2.84. The van der Waals surface area contributed by atoms with Crippen LogP contribution in [-0.2, 0) is 0 Å². The van der Waals surface area contributed by atoms with Crippen LogP contribution in [0.15, 0.2) is 29.2 Å². The first-order chi connectivity index (χ1) is 8.85. The minimum atomic E-state index is -0.779. The molecule has 0 saturated carbocycles. The van der Waals surface area contributed by atoms with Gasteiger partial charge in [0, 0.05) is 17.0 Å². The average molecular weight is 281 g/mol. The molecule has 3 nitrogen and oxygen atoms in total. The van der Waals surface area contributed by atoms with Gasteiger partial charge in [-0.3, -0.25) is 9.69 Å². The maximum Gasteiger partial charge on any atom is 0.176 e. The van der Waals surface area contributed by atoms with Crippen molar-refractivity contribution in [1.29, 1.82) is 0 Å². The number of benzene rings is 1. The molecule has 1 aromatic carbocycles. The second kappa shape index (κ2) is 7.08. The predicted molar refractivity (Wildman–Crippen MR) is 81.0 cm³/mol. The molecular formula is C15H23NO2S. The van der Waals surface area contributed by atoms with Gasteiger partial charge in [-0.05, 0) is 38.8 Å². The number of carbonyl (C=O) groups excluding carboxylic acids is 1. The third kappa shape index (κ3) is 5.76. The first-order valence-corrected chi connectivity index (χ1v) is 7.70. The number of Topliss-reactive ketones (excluding diaryl/α,β-unsaturated/α-hetero) is 1. The second-order valence-corrected chi connectivity index (χ2v) is 6.15. The Bertz CT molecular complexity index is 409. The molecule has 0 spiro atoms. The summed E-state index contributed by atoms with van der Waals surface area (Å²) in [6, 6.07) is 7.66. The van der Waals surface area contributed by atoms with Crippen LogP contribution in [0.2, 0.25) is 0 Å². The van der Waals surface area contributed by atoms with Crippen molar-refractivity contribution in [1.82, 2.24) is 4.90 Å². The number of hydrogen-bond acceptors (Lipinski definition) is 4. The smallest absolute Gasteiger partial charge is 0.176 e. The molecule has 0 aliphatic rings. The van der Waals surface area contributed by atoms with Gasteiger partial charge in [0.1, 0.15) is 0 Å². The molecule has 0 fully saturated rings. The molecule has 0 unspecified atom stereocenters.